The zero-order valence-electron chi connectivity index (χ0n) is 20.1. The maximum Gasteiger partial charge on any atom is 0.336 e. The number of fused-ring (bicyclic) bond motifs is 2. The van der Waals surface area contributed by atoms with Crippen molar-refractivity contribution in [3.63, 3.8) is 0 Å². The van der Waals surface area contributed by atoms with Crippen molar-refractivity contribution < 1.29 is 13.9 Å². The molecule has 0 amide bonds. The molecule has 3 aromatic heterocycles. The highest BCUT2D eigenvalue weighted by Crippen LogP contribution is 2.38. The quantitative estimate of drug-likeness (QED) is 0.287. The molecule has 0 saturated carbocycles. The second-order valence-electron chi connectivity index (χ2n) is 8.90. The Morgan fingerprint density at radius 1 is 1.03 bits per heavy atom. The van der Waals surface area contributed by atoms with E-state index in [1.807, 2.05) is 42.5 Å². The highest BCUT2D eigenvalue weighted by atomic mass is 32.1. The Labute approximate surface area is 211 Å². The molecule has 182 valence electrons. The molecule has 2 aromatic carbocycles. The minimum atomic E-state index is -0.403. The van der Waals surface area contributed by atoms with Crippen LogP contribution in [-0.2, 0) is 11.3 Å². The summed E-state index contributed by atoms with van der Waals surface area (Å²) in [6.45, 7) is 7.94. The standard InChI is InChI=1S/C28H25N3O4S/c1-17-18(2)36-28-26(17)27(29-24(30-28)16-31-10-12-33-13-11-31)34-20-8-9-21-22(19-6-4-3-5-7-19)15-25(32)35-23(21)14-20/h3-9,14-15H,10-13,16H2,1-2H3. The van der Waals surface area contributed by atoms with E-state index in [1.165, 1.54) is 10.9 Å². The van der Waals surface area contributed by atoms with Crippen molar-refractivity contribution in [3.8, 4) is 22.8 Å². The summed E-state index contributed by atoms with van der Waals surface area (Å²) in [5.41, 5.74) is 2.96. The van der Waals surface area contributed by atoms with Gasteiger partial charge in [-0.3, -0.25) is 4.90 Å². The molecule has 5 aromatic rings. The number of benzene rings is 2. The molecule has 0 spiro atoms. The topological polar surface area (TPSA) is 77.7 Å². The number of aromatic nitrogens is 2. The Kier molecular flexibility index (Phi) is 6.00. The highest BCUT2D eigenvalue weighted by Gasteiger charge is 2.19. The Balaban J connectivity index is 1.40. The van der Waals surface area contributed by atoms with E-state index >= 15 is 0 Å². The van der Waals surface area contributed by atoms with Crippen molar-refractivity contribution in [1.82, 2.24) is 14.9 Å². The smallest absolute Gasteiger partial charge is 0.336 e. The van der Waals surface area contributed by atoms with Gasteiger partial charge in [-0.15, -0.1) is 11.3 Å². The molecule has 0 radical (unpaired) electrons. The number of thiophene rings is 1. The zero-order valence-corrected chi connectivity index (χ0v) is 20.9. The molecule has 1 saturated heterocycles. The zero-order chi connectivity index (χ0) is 24.6. The fraction of sp³-hybridized carbons (Fsp3) is 0.250. The van der Waals surface area contributed by atoms with Gasteiger partial charge in [0.1, 0.15) is 22.0 Å². The first kappa shape index (κ1) is 22.8. The number of morpholine rings is 1. The van der Waals surface area contributed by atoms with E-state index in [2.05, 4.69) is 18.7 Å². The van der Waals surface area contributed by atoms with Crippen LogP contribution in [0.4, 0.5) is 0 Å². The van der Waals surface area contributed by atoms with Crippen LogP contribution < -0.4 is 10.4 Å². The Morgan fingerprint density at radius 3 is 2.64 bits per heavy atom. The average Bonchev–Trinajstić information content (AvgIpc) is 3.17. The molecule has 0 aliphatic carbocycles. The molecule has 0 N–H and O–H groups in total. The molecule has 0 bridgehead atoms. The number of hydrogen-bond donors (Lipinski definition) is 0. The fourth-order valence-electron chi connectivity index (χ4n) is 4.53. The summed E-state index contributed by atoms with van der Waals surface area (Å²) >= 11 is 1.65. The van der Waals surface area contributed by atoms with Gasteiger partial charge < -0.3 is 13.9 Å². The third-order valence-electron chi connectivity index (χ3n) is 6.53. The molecule has 6 rings (SSSR count). The maximum absolute atomic E-state index is 12.4. The highest BCUT2D eigenvalue weighted by molar-refractivity contribution is 7.18. The van der Waals surface area contributed by atoms with Gasteiger partial charge in [-0.25, -0.2) is 9.78 Å². The SMILES string of the molecule is Cc1sc2nc(CN3CCOCC3)nc(Oc3ccc4c(-c5ccccc5)cc(=O)oc4c3)c2c1C. The van der Waals surface area contributed by atoms with E-state index in [0.717, 1.165) is 64.4 Å². The molecule has 0 atom stereocenters. The summed E-state index contributed by atoms with van der Waals surface area (Å²) in [7, 11) is 0. The van der Waals surface area contributed by atoms with Crippen LogP contribution in [0.25, 0.3) is 32.3 Å². The molecule has 1 fully saturated rings. The summed E-state index contributed by atoms with van der Waals surface area (Å²) in [4.78, 5) is 26.4. The number of aryl methyl sites for hydroxylation is 2. The summed E-state index contributed by atoms with van der Waals surface area (Å²) in [6.07, 6.45) is 0. The summed E-state index contributed by atoms with van der Waals surface area (Å²) in [6, 6.07) is 16.9. The van der Waals surface area contributed by atoms with Gasteiger partial charge >= 0.3 is 5.63 Å². The minimum Gasteiger partial charge on any atom is -0.438 e. The number of rotatable bonds is 5. The van der Waals surface area contributed by atoms with E-state index in [4.69, 9.17) is 23.9 Å². The van der Waals surface area contributed by atoms with Crippen LogP contribution in [0.15, 0.2) is 63.8 Å². The first-order chi connectivity index (χ1) is 17.5. The Bertz CT molecular complexity index is 1620. The maximum atomic E-state index is 12.4. The number of ether oxygens (including phenoxy) is 2. The van der Waals surface area contributed by atoms with Crippen molar-refractivity contribution in [2.75, 3.05) is 26.3 Å². The van der Waals surface area contributed by atoms with Gasteiger partial charge in [-0.1, -0.05) is 30.3 Å². The van der Waals surface area contributed by atoms with Gasteiger partial charge in [0.2, 0.25) is 5.88 Å². The summed E-state index contributed by atoms with van der Waals surface area (Å²) in [5, 5.41) is 1.76. The molecule has 8 heteroatoms. The lowest BCUT2D eigenvalue weighted by Gasteiger charge is -2.25. The molecule has 7 nitrogen and oxygen atoms in total. The molecular weight excluding hydrogens is 474 g/mol. The molecule has 1 aliphatic rings. The van der Waals surface area contributed by atoms with E-state index in [0.29, 0.717) is 23.8 Å². The van der Waals surface area contributed by atoms with Crippen molar-refractivity contribution in [3.05, 3.63) is 81.3 Å². The van der Waals surface area contributed by atoms with Crippen LogP contribution >= 0.6 is 11.3 Å². The van der Waals surface area contributed by atoms with Crippen molar-refractivity contribution in [1.29, 1.82) is 0 Å². The predicted molar refractivity (Wildman–Crippen MR) is 141 cm³/mol. The van der Waals surface area contributed by atoms with Crippen LogP contribution in [0.2, 0.25) is 0 Å². The van der Waals surface area contributed by atoms with Crippen molar-refractivity contribution in [2.45, 2.75) is 20.4 Å². The first-order valence-corrected chi connectivity index (χ1v) is 12.7. The van der Waals surface area contributed by atoms with Gasteiger partial charge in [0.05, 0.1) is 25.1 Å². The monoisotopic (exact) mass is 499 g/mol. The lowest BCUT2D eigenvalue weighted by atomic mass is 10.0. The first-order valence-electron chi connectivity index (χ1n) is 11.9. The largest absolute Gasteiger partial charge is 0.438 e. The van der Waals surface area contributed by atoms with Crippen LogP contribution in [0, 0.1) is 13.8 Å². The van der Waals surface area contributed by atoms with Crippen molar-refractivity contribution in [2.24, 2.45) is 0 Å². The molecular formula is C28H25N3O4S. The number of hydrogen-bond acceptors (Lipinski definition) is 8. The minimum absolute atomic E-state index is 0.403. The second kappa shape index (κ2) is 9.46. The van der Waals surface area contributed by atoms with Crippen LogP contribution in [-0.4, -0.2) is 41.2 Å². The van der Waals surface area contributed by atoms with Crippen LogP contribution in [0.1, 0.15) is 16.3 Å². The van der Waals surface area contributed by atoms with Gasteiger partial charge in [-0.2, -0.15) is 4.98 Å². The van der Waals surface area contributed by atoms with Gasteiger partial charge in [0, 0.05) is 35.5 Å². The Morgan fingerprint density at radius 2 is 1.83 bits per heavy atom. The third-order valence-corrected chi connectivity index (χ3v) is 7.63. The molecule has 0 unspecified atom stereocenters. The van der Waals surface area contributed by atoms with E-state index in [9.17, 15) is 4.79 Å². The average molecular weight is 500 g/mol. The van der Waals surface area contributed by atoms with Crippen LogP contribution in [0.5, 0.6) is 11.6 Å². The Hall–Kier alpha value is -3.59. The van der Waals surface area contributed by atoms with E-state index in [1.54, 1.807) is 17.4 Å². The lowest BCUT2D eigenvalue weighted by molar-refractivity contribution is 0.0330. The molecule has 4 heterocycles. The van der Waals surface area contributed by atoms with Gasteiger partial charge in [0.15, 0.2) is 0 Å². The van der Waals surface area contributed by atoms with Crippen LogP contribution in [0.3, 0.4) is 0 Å². The van der Waals surface area contributed by atoms with Gasteiger partial charge in [0.25, 0.3) is 0 Å². The number of nitrogens with zero attached hydrogens (tertiary/aromatic N) is 3. The van der Waals surface area contributed by atoms with Crippen molar-refractivity contribution >= 4 is 32.5 Å². The second-order valence-corrected chi connectivity index (χ2v) is 10.1. The fourth-order valence-corrected chi connectivity index (χ4v) is 5.57. The normalized spacial score (nSPS) is 14.5. The summed E-state index contributed by atoms with van der Waals surface area (Å²) in [5.74, 6) is 1.79. The van der Waals surface area contributed by atoms with E-state index < -0.39 is 5.63 Å². The van der Waals surface area contributed by atoms with E-state index in [-0.39, 0.29) is 0 Å². The molecule has 1 aliphatic heterocycles. The van der Waals surface area contributed by atoms with Gasteiger partial charge in [-0.05, 0) is 42.7 Å². The third kappa shape index (κ3) is 4.39. The molecule has 36 heavy (non-hydrogen) atoms. The summed E-state index contributed by atoms with van der Waals surface area (Å²) < 4.78 is 17.4. The predicted octanol–water partition coefficient (Wildman–Crippen LogP) is 5.71. The lowest BCUT2D eigenvalue weighted by Crippen LogP contribution is -2.36.